The summed E-state index contributed by atoms with van der Waals surface area (Å²) in [5.74, 6) is 1.18. The normalized spacial score (nSPS) is 14.4. The molecular weight excluding hydrogens is 396 g/mol. The Morgan fingerprint density at radius 1 is 1.32 bits per heavy atom. The number of thioether (sulfide) groups is 1. The van der Waals surface area contributed by atoms with E-state index in [9.17, 15) is 4.79 Å². The van der Waals surface area contributed by atoms with Gasteiger partial charge in [0.25, 0.3) is 0 Å². The van der Waals surface area contributed by atoms with Crippen molar-refractivity contribution in [3.05, 3.63) is 29.3 Å². The zero-order chi connectivity index (χ0) is 19.5. The summed E-state index contributed by atoms with van der Waals surface area (Å²) in [6.45, 7) is 4.45. The third-order valence-electron chi connectivity index (χ3n) is 4.43. The lowest BCUT2D eigenvalue weighted by atomic mass is 10.1. The smallest absolute Gasteiger partial charge is 0.233 e. The Kier molecular flexibility index (Phi) is 5.74. The largest absolute Gasteiger partial charge is 0.497 e. The van der Waals surface area contributed by atoms with E-state index in [2.05, 4.69) is 15.2 Å². The van der Waals surface area contributed by atoms with E-state index in [1.54, 1.807) is 18.4 Å². The van der Waals surface area contributed by atoms with Crippen molar-refractivity contribution in [1.82, 2.24) is 20.1 Å². The van der Waals surface area contributed by atoms with Crippen molar-refractivity contribution in [1.29, 1.82) is 0 Å². The Morgan fingerprint density at radius 3 is 2.93 bits per heavy atom. The van der Waals surface area contributed by atoms with Gasteiger partial charge in [0.2, 0.25) is 5.91 Å². The van der Waals surface area contributed by atoms with Gasteiger partial charge in [0.15, 0.2) is 0 Å². The van der Waals surface area contributed by atoms with Crippen molar-refractivity contribution in [2.24, 2.45) is 0 Å². The third-order valence-corrected chi connectivity index (χ3v) is 6.35. The second-order valence-corrected chi connectivity index (χ2v) is 8.45. The second kappa shape index (κ2) is 8.42. The van der Waals surface area contributed by atoms with Crippen LogP contribution in [0.4, 0.5) is 0 Å². The van der Waals surface area contributed by atoms with E-state index in [0.29, 0.717) is 37.1 Å². The number of hydrogen-bond acceptors (Lipinski definition) is 8. The first kappa shape index (κ1) is 19.1. The number of hydrogen-bond donors (Lipinski definition) is 0. The van der Waals surface area contributed by atoms with Gasteiger partial charge in [-0.1, -0.05) is 23.9 Å². The molecule has 7 nitrogen and oxygen atoms in total. The van der Waals surface area contributed by atoms with Crippen LogP contribution >= 0.6 is 23.1 Å². The number of aryl methyl sites for hydroxylation is 1. The van der Waals surface area contributed by atoms with Crippen LogP contribution in [0.5, 0.6) is 5.75 Å². The lowest BCUT2D eigenvalue weighted by Gasteiger charge is -2.26. The fourth-order valence-electron chi connectivity index (χ4n) is 3.01. The maximum Gasteiger partial charge on any atom is 0.233 e. The van der Waals surface area contributed by atoms with Crippen molar-refractivity contribution in [3.63, 3.8) is 0 Å². The lowest BCUT2D eigenvalue weighted by molar-refractivity contribution is -0.132. The van der Waals surface area contributed by atoms with Gasteiger partial charge in [0.1, 0.15) is 22.0 Å². The maximum atomic E-state index is 12.4. The van der Waals surface area contributed by atoms with Crippen LogP contribution in [0.15, 0.2) is 29.3 Å². The van der Waals surface area contributed by atoms with E-state index in [4.69, 9.17) is 9.47 Å². The summed E-state index contributed by atoms with van der Waals surface area (Å²) in [6, 6.07) is 7.75. The predicted molar refractivity (Wildman–Crippen MR) is 110 cm³/mol. The number of benzene rings is 1. The number of amides is 1. The van der Waals surface area contributed by atoms with Gasteiger partial charge in [-0.15, -0.1) is 21.5 Å². The molecule has 0 N–H and O–H groups in total. The monoisotopic (exact) mass is 416 g/mol. The number of fused-ring (bicyclic) bond motifs is 1. The summed E-state index contributed by atoms with van der Waals surface area (Å²) in [7, 11) is 1.64. The second-order valence-electron chi connectivity index (χ2n) is 6.28. The molecule has 3 aromatic rings. The molecule has 0 atom stereocenters. The van der Waals surface area contributed by atoms with Gasteiger partial charge in [-0.05, 0) is 19.1 Å². The van der Waals surface area contributed by atoms with Crippen molar-refractivity contribution in [2.45, 2.75) is 11.9 Å². The van der Waals surface area contributed by atoms with Crippen molar-refractivity contribution in [2.75, 3.05) is 39.2 Å². The van der Waals surface area contributed by atoms with Crippen LogP contribution in [0.3, 0.4) is 0 Å². The minimum atomic E-state index is 0.0899. The Balaban J connectivity index is 1.61. The minimum absolute atomic E-state index is 0.0899. The van der Waals surface area contributed by atoms with Crippen molar-refractivity contribution < 1.29 is 14.3 Å². The highest BCUT2D eigenvalue weighted by atomic mass is 32.2. The van der Waals surface area contributed by atoms with Crippen LogP contribution in [-0.4, -0.2) is 65.2 Å². The molecule has 1 fully saturated rings. The van der Waals surface area contributed by atoms with Gasteiger partial charge >= 0.3 is 0 Å². The van der Waals surface area contributed by atoms with Crippen LogP contribution < -0.4 is 4.74 Å². The number of methoxy groups -OCH3 is 1. The molecule has 0 radical (unpaired) electrons. The van der Waals surface area contributed by atoms with E-state index < -0.39 is 0 Å². The molecule has 28 heavy (non-hydrogen) atoms. The number of carbonyl (C=O) groups is 1. The molecule has 1 saturated heterocycles. The Bertz CT molecular complexity index is 1000. The summed E-state index contributed by atoms with van der Waals surface area (Å²) in [4.78, 5) is 18.9. The third kappa shape index (κ3) is 3.96. The molecule has 3 heterocycles. The first-order valence-corrected chi connectivity index (χ1v) is 10.7. The number of carbonyl (C=O) groups excluding carboxylic acids is 1. The van der Waals surface area contributed by atoms with Crippen LogP contribution in [0.25, 0.3) is 21.5 Å². The number of rotatable bonds is 5. The fourth-order valence-corrected chi connectivity index (χ4v) is 4.83. The standard InChI is InChI=1S/C19H20N4O3S2/c1-12-20-17-18(28-12)16(13-4-3-5-14(10-13)25-2)21-22-19(17)27-11-15(24)23-6-8-26-9-7-23/h3-5,10H,6-9,11H2,1-2H3. The van der Waals surface area contributed by atoms with Gasteiger partial charge in [0, 0.05) is 18.7 Å². The van der Waals surface area contributed by atoms with Gasteiger partial charge in [-0.2, -0.15) is 0 Å². The zero-order valence-corrected chi connectivity index (χ0v) is 17.3. The average molecular weight is 417 g/mol. The Morgan fingerprint density at radius 2 is 2.14 bits per heavy atom. The van der Waals surface area contributed by atoms with E-state index in [-0.39, 0.29) is 5.91 Å². The van der Waals surface area contributed by atoms with Crippen molar-refractivity contribution in [3.8, 4) is 17.0 Å². The average Bonchev–Trinajstić information content (AvgIpc) is 3.14. The highest BCUT2D eigenvalue weighted by Gasteiger charge is 2.20. The number of nitrogens with zero attached hydrogens (tertiary/aromatic N) is 4. The molecule has 146 valence electrons. The molecule has 0 spiro atoms. The molecule has 1 aliphatic heterocycles. The number of aromatic nitrogens is 3. The van der Waals surface area contributed by atoms with Crippen molar-refractivity contribution >= 4 is 39.2 Å². The molecule has 4 rings (SSSR count). The predicted octanol–water partition coefficient (Wildman–Crippen LogP) is 3.02. The number of ether oxygens (including phenoxy) is 2. The quantitative estimate of drug-likeness (QED) is 0.592. The molecule has 2 aromatic heterocycles. The van der Waals surface area contributed by atoms with Crippen LogP contribution in [0, 0.1) is 6.92 Å². The van der Waals surface area contributed by atoms with Gasteiger partial charge in [-0.3, -0.25) is 4.79 Å². The molecule has 1 amide bonds. The number of thiazole rings is 1. The molecule has 0 saturated carbocycles. The topological polar surface area (TPSA) is 77.4 Å². The highest BCUT2D eigenvalue weighted by Crippen LogP contribution is 2.36. The molecule has 0 aliphatic carbocycles. The molecule has 9 heteroatoms. The van der Waals surface area contributed by atoms with Crippen LogP contribution in [-0.2, 0) is 9.53 Å². The molecule has 0 unspecified atom stereocenters. The SMILES string of the molecule is COc1cccc(-c2nnc(SCC(=O)N3CCOCC3)c3nc(C)sc23)c1. The fraction of sp³-hybridized carbons (Fsp3) is 0.368. The lowest BCUT2D eigenvalue weighted by Crippen LogP contribution is -2.41. The summed E-state index contributed by atoms with van der Waals surface area (Å²) < 4.78 is 11.6. The number of morpholine rings is 1. The molecular formula is C19H20N4O3S2. The molecule has 1 aromatic carbocycles. The zero-order valence-electron chi connectivity index (χ0n) is 15.7. The summed E-state index contributed by atoms with van der Waals surface area (Å²) in [6.07, 6.45) is 0. The van der Waals surface area contributed by atoms with Gasteiger partial charge in [0.05, 0.1) is 35.8 Å². The van der Waals surface area contributed by atoms with Gasteiger partial charge < -0.3 is 14.4 Å². The van der Waals surface area contributed by atoms with Gasteiger partial charge in [-0.25, -0.2) is 4.98 Å². The summed E-state index contributed by atoms with van der Waals surface area (Å²) in [5.41, 5.74) is 2.51. The van der Waals surface area contributed by atoms with E-state index in [1.165, 1.54) is 11.8 Å². The van der Waals surface area contributed by atoms with E-state index in [1.807, 2.05) is 36.1 Å². The summed E-state index contributed by atoms with van der Waals surface area (Å²) in [5, 5.41) is 10.5. The maximum absolute atomic E-state index is 12.4. The highest BCUT2D eigenvalue weighted by molar-refractivity contribution is 8.00. The van der Waals surface area contributed by atoms with Crippen LogP contribution in [0.2, 0.25) is 0 Å². The van der Waals surface area contributed by atoms with Crippen LogP contribution in [0.1, 0.15) is 5.01 Å². The Labute approximate surface area is 171 Å². The van der Waals surface area contributed by atoms with E-state index in [0.717, 1.165) is 32.2 Å². The Hall–Kier alpha value is -2.23. The van der Waals surface area contributed by atoms with E-state index >= 15 is 0 Å². The first-order valence-electron chi connectivity index (χ1n) is 8.92. The molecule has 0 bridgehead atoms. The summed E-state index contributed by atoms with van der Waals surface area (Å²) >= 11 is 2.97. The molecule has 1 aliphatic rings. The first-order chi connectivity index (χ1) is 13.7. The minimum Gasteiger partial charge on any atom is -0.497 e.